The lowest BCUT2D eigenvalue weighted by Crippen LogP contribution is -2.44. The summed E-state index contributed by atoms with van der Waals surface area (Å²) in [5, 5.41) is 3.32. The number of piperidine rings is 1. The molecule has 1 aliphatic rings. The van der Waals surface area contributed by atoms with Gasteiger partial charge in [-0.1, -0.05) is 30.3 Å². The van der Waals surface area contributed by atoms with E-state index in [9.17, 15) is 4.79 Å². The molecule has 3 nitrogen and oxygen atoms in total. The molecule has 0 atom stereocenters. The van der Waals surface area contributed by atoms with Crippen LogP contribution in [0.5, 0.6) is 0 Å². The van der Waals surface area contributed by atoms with Crippen molar-refractivity contribution in [3.8, 4) is 0 Å². The van der Waals surface area contributed by atoms with Crippen LogP contribution in [0.4, 0.5) is 0 Å². The average molecular weight is 232 g/mol. The third kappa shape index (κ3) is 3.30. The lowest BCUT2D eigenvalue weighted by Gasteiger charge is -2.31. The molecule has 1 aliphatic heterocycles. The maximum Gasteiger partial charge on any atom is 0.226 e. The molecule has 1 fully saturated rings. The summed E-state index contributed by atoms with van der Waals surface area (Å²) in [6, 6.07) is 10.4. The number of amides is 1. The zero-order valence-electron chi connectivity index (χ0n) is 10.4. The fourth-order valence-corrected chi connectivity index (χ4v) is 2.29. The highest BCUT2D eigenvalue weighted by Crippen LogP contribution is 2.12. The van der Waals surface area contributed by atoms with Crippen molar-refractivity contribution < 1.29 is 4.79 Å². The summed E-state index contributed by atoms with van der Waals surface area (Å²) in [5.41, 5.74) is 1.10. The molecule has 1 aromatic rings. The molecule has 2 rings (SSSR count). The molecule has 1 heterocycles. The monoisotopic (exact) mass is 232 g/mol. The number of hydrogen-bond donors (Lipinski definition) is 1. The second-order valence-electron chi connectivity index (χ2n) is 4.65. The molecule has 0 aliphatic carbocycles. The van der Waals surface area contributed by atoms with E-state index in [-0.39, 0.29) is 5.91 Å². The summed E-state index contributed by atoms with van der Waals surface area (Å²) in [7, 11) is 1.93. The Hall–Kier alpha value is -1.35. The molecule has 1 amide bonds. The van der Waals surface area contributed by atoms with E-state index in [1.807, 2.05) is 42.3 Å². The van der Waals surface area contributed by atoms with Crippen molar-refractivity contribution in [3.63, 3.8) is 0 Å². The Balaban J connectivity index is 1.90. The van der Waals surface area contributed by atoms with E-state index in [0.717, 1.165) is 31.5 Å². The summed E-state index contributed by atoms with van der Waals surface area (Å²) in [4.78, 5) is 14.0. The van der Waals surface area contributed by atoms with Crippen molar-refractivity contribution >= 4 is 5.91 Å². The summed E-state index contributed by atoms with van der Waals surface area (Å²) in [6.45, 7) is 2.04. The number of carbonyl (C=O) groups excluding carboxylic acids is 1. The third-order valence-electron chi connectivity index (χ3n) is 3.45. The smallest absolute Gasteiger partial charge is 0.226 e. The van der Waals surface area contributed by atoms with Gasteiger partial charge in [0.05, 0.1) is 6.42 Å². The minimum Gasteiger partial charge on any atom is -0.342 e. The molecule has 0 saturated carbocycles. The van der Waals surface area contributed by atoms with Crippen LogP contribution in [0.25, 0.3) is 0 Å². The summed E-state index contributed by atoms with van der Waals surface area (Å²) < 4.78 is 0. The normalized spacial score (nSPS) is 16.8. The Labute approximate surface area is 103 Å². The Bertz CT molecular complexity index is 358. The first kappa shape index (κ1) is 12.1. The van der Waals surface area contributed by atoms with Crippen LogP contribution >= 0.6 is 0 Å². The van der Waals surface area contributed by atoms with Gasteiger partial charge in [-0.3, -0.25) is 4.79 Å². The Morgan fingerprint density at radius 2 is 1.94 bits per heavy atom. The first-order chi connectivity index (χ1) is 8.27. The van der Waals surface area contributed by atoms with E-state index >= 15 is 0 Å². The zero-order valence-corrected chi connectivity index (χ0v) is 10.4. The van der Waals surface area contributed by atoms with Gasteiger partial charge >= 0.3 is 0 Å². The van der Waals surface area contributed by atoms with Gasteiger partial charge in [0.25, 0.3) is 0 Å². The minimum absolute atomic E-state index is 0.225. The Morgan fingerprint density at radius 1 is 1.29 bits per heavy atom. The molecule has 3 heteroatoms. The van der Waals surface area contributed by atoms with Gasteiger partial charge < -0.3 is 10.2 Å². The van der Waals surface area contributed by atoms with Crippen LogP contribution in [0.3, 0.4) is 0 Å². The number of likely N-dealkylation sites (N-methyl/N-ethyl adjacent to an activating group) is 1. The molecule has 0 radical (unpaired) electrons. The molecular formula is C14H20N2O. The molecular weight excluding hydrogens is 212 g/mol. The standard InChI is InChI=1S/C14H20N2O/c1-16(13-7-9-15-10-8-13)14(17)11-12-5-3-2-4-6-12/h2-6,13,15H,7-11H2,1H3. The number of rotatable bonds is 3. The molecule has 0 unspecified atom stereocenters. The summed E-state index contributed by atoms with van der Waals surface area (Å²) in [5.74, 6) is 0.225. The molecule has 0 aromatic heterocycles. The van der Waals surface area contributed by atoms with Crippen LogP contribution in [0.2, 0.25) is 0 Å². The summed E-state index contributed by atoms with van der Waals surface area (Å²) in [6.07, 6.45) is 2.65. The molecule has 17 heavy (non-hydrogen) atoms. The van der Waals surface area contributed by atoms with Crippen molar-refractivity contribution in [2.45, 2.75) is 25.3 Å². The van der Waals surface area contributed by atoms with Crippen LogP contribution in [0, 0.1) is 0 Å². The number of hydrogen-bond acceptors (Lipinski definition) is 2. The van der Waals surface area contributed by atoms with E-state index in [0.29, 0.717) is 12.5 Å². The lowest BCUT2D eigenvalue weighted by molar-refractivity contribution is -0.131. The van der Waals surface area contributed by atoms with E-state index in [4.69, 9.17) is 0 Å². The van der Waals surface area contributed by atoms with Crippen molar-refractivity contribution in [1.29, 1.82) is 0 Å². The van der Waals surface area contributed by atoms with Gasteiger partial charge in [-0.25, -0.2) is 0 Å². The molecule has 1 aromatic carbocycles. The third-order valence-corrected chi connectivity index (χ3v) is 3.45. The quantitative estimate of drug-likeness (QED) is 0.855. The molecule has 1 N–H and O–H groups in total. The number of nitrogens with zero attached hydrogens (tertiary/aromatic N) is 1. The Kier molecular flexibility index (Phi) is 4.15. The molecule has 92 valence electrons. The second-order valence-corrected chi connectivity index (χ2v) is 4.65. The minimum atomic E-state index is 0.225. The number of carbonyl (C=O) groups is 1. The van der Waals surface area contributed by atoms with Gasteiger partial charge in [0, 0.05) is 13.1 Å². The highest BCUT2D eigenvalue weighted by Gasteiger charge is 2.21. The Morgan fingerprint density at radius 3 is 2.59 bits per heavy atom. The SMILES string of the molecule is CN(C(=O)Cc1ccccc1)C1CCNCC1. The van der Waals surface area contributed by atoms with E-state index in [1.54, 1.807) is 0 Å². The van der Waals surface area contributed by atoms with Crippen molar-refractivity contribution in [2.24, 2.45) is 0 Å². The molecule has 1 saturated heterocycles. The average Bonchev–Trinajstić information content (AvgIpc) is 2.40. The molecule has 0 spiro atoms. The van der Waals surface area contributed by atoms with E-state index in [2.05, 4.69) is 5.32 Å². The fourth-order valence-electron chi connectivity index (χ4n) is 2.29. The number of nitrogens with one attached hydrogen (secondary N) is 1. The van der Waals surface area contributed by atoms with Crippen LogP contribution in [-0.2, 0) is 11.2 Å². The first-order valence-corrected chi connectivity index (χ1v) is 6.27. The predicted octanol–water partition coefficient (Wildman–Crippen LogP) is 1.44. The maximum atomic E-state index is 12.1. The van der Waals surface area contributed by atoms with Gasteiger partial charge in [-0.2, -0.15) is 0 Å². The van der Waals surface area contributed by atoms with Gasteiger partial charge in [0.1, 0.15) is 0 Å². The topological polar surface area (TPSA) is 32.3 Å². The van der Waals surface area contributed by atoms with E-state index in [1.165, 1.54) is 0 Å². The molecule has 0 bridgehead atoms. The highest BCUT2D eigenvalue weighted by atomic mass is 16.2. The van der Waals surface area contributed by atoms with Gasteiger partial charge in [0.2, 0.25) is 5.91 Å². The van der Waals surface area contributed by atoms with Crippen molar-refractivity contribution in [2.75, 3.05) is 20.1 Å². The predicted molar refractivity (Wildman–Crippen MR) is 68.8 cm³/mol. The number of benzene rings is 1. The van der Waals surface area contributed by atoms with Crippen LogP contribution in [-0.4, -0.2) is 37.0 Å². The van der Waals surface area contributed by atoms with Crippen molar-refractivity contribution in [1.82, 2.24) is 10.2 Å². The zero-order chi connectivity index (χ0) is 12.1. The second kappa shape index (κ2) is 5.82. The lowest BCUT2D eigenvalue weighted by atomic mass is 10.0. The van der Waals surface area contributed by atoms with Gasteiger partial charge in [0.15, 0.2) is 0 Å². The highest BCUT2D eigenvalue weighted by molar-refractivity contribution is 5.78. The van der Waals surface area contributed by atoms with Crippen molar-refractivity contribution in [3.05, 3.63) is 35.9 Å². The van der Waals surface area contributed by atoms with Crippen LogP contribution in [0.15, 0.2) is 30.3 Å². The van der Waals surface area contributed by atoms with Gasteiger partial charge in [-0.05, 0) is 31.5 Å². The van der Waals surface area contributed by atoms with E-state index < -0.39 is 0 Å². The van der Waals surface area contributed by atoms with Gasteiger partial charge in [-0.15, -0.1) is 0 Å². The largest absolute Gasteiger partial charge is 0.342 e. The first-order valence-electron chi connectivity index (χ1n) is 6.27. The fraction of sp³-hybridized carbons (Fsp3) is 0.500. The van der Waals surface area contributed by atoms with Crippen LogP contribution in [0.1, 0.15) is 18.4 Å². The maximum absolute atomic E-state index is 12.1. The van der Waals surface area contributed by atoms with Crippen LogP contribution < -0.4 is 5.32 Å². The summed E-state index contributed by atoms with van der Waals surface area (Å²) >= 11 is 0.